The molecule has 2 aromatic rings. The van der Waals surface area contributed by atoms with E-state index in [4.69, 9.17) is 0 Å². The van der Waals surface area contributed by atoms with Gasteiger partial charge in [-0.25, -0.2) is 0 Å². The zero-order valence-electron chi connectivity index (χ0n) is 20.7. The van der Waals surface area contributed by atoms with Crippen molar-refractivity contribution in [2.45, 2.75) is 79.1 Å². The van der Waals surface area contributed by atoms with E-state index >= 15 is 0 Å². The van der Waals surface area contributed by atoms with Crippen LogP contribution in [0, 0.1) is 0 Å². The second-order valence-corrected chi connectivity index (χ2v) is 15.5. The summed E-state index contributed by atoms with van der Waals surface area (Å²) in [6.07, 6.45) is 9.12. The summed E-state index contributed by atoms with van der Waals surface area (Å²) in [5, 5.41) is 0. The van der Waals surface area contributed by atoms with Crippen molar-refractivity contribution in [2.24, 2.45) is 0 Å². The fourth-order valence-corrected chi connectivity index (χ4v) is 7.91. The van der Waals surface area contributed by atoms with Crippen molar-refractivity contribution in [3.63, 3.8) is 0 Å². The maximum Gasteiger partial charge on any atom is -1.00 e. The summed E-state index contributed by atoms with van der Waals surface area (Å²) in [4.78, 5) is 0. The van der Waals surface area contributed by atoms with Crippen LogP contribution in [0.25, 0.3) is 16.7 Å². The molecule has 0 spiro atoms. The number of hydrogen-bond acceptors (Lipinski definition) is 0. The number of allylic oxidation sites excluding steroid dienone is 4. The molecule has 0 fully saturated rings. The maximum atomic E-state index is 2.57. The summed E-state index contributed by atoms with van der Waals surface area (Å²) >= 11 is -0.783. The molecule has 3 heteroatoms. The Morgan fingerprint density at radius 2 is 1.56 bits per heavy atom. The summed E-state index contributed by atoms with van der Waals surface area (Å²) < 4.78 is 3.40. The number of benzene rings is 2. The van der Waals surface area contributed by atoms with Gasteiger partial charge in [0.15, 0.2) is 0 Å². The smallest absolute Gasteiger partial charge is 1.00 e. The van der Waals surface area contributed by atoms with Crippen LogP contribution < -0.4 is 28.1 Å². The van der Waals surface area contributed by atoms with Gasteiger partial charge in [0.1, 0.15) is 0 Å². The normalized spacial score (nSPS) is 14.1. The van der Waals surface area contributed by atoms with Gasteiger partial charge in [0, 0.05) is 0 Å². The molecule has 2 aliphatic rings. The van der Waals surface area contributed by atoms with Crippen LogP contribution in [-0.4, -0.2) is 3.21 Å². The molecule has 0 amide bonds. The Balaban J connectivity index is 0.00000181. The third kappa shape index (κ3) is 5.16. The average molecular weight is 546 g/mol. The largest absolute Gasteiger partial charge is 1.00 e. The van der Waals surface area contributed by atoms with Gasteiger partial charge in [0.05, 0.1) is 0 Å². The van der Waals surface area contributed by atoms with Crippen molar-refractivity contribution in [1.29, 1.82) is 0 Å². The molecule has 0 saturated heterocycles. The van der Waals surface area contributed by atoms with Crippen molar-refractivity contribution in [3.8, 4) is 11.1 Å². The molecule has 32 heavy (non-hydrogen) atoms. The van der Waals surface area contributed by atoms with Gasteiger partial charge in [-0.1, -0.05) is 0 Å². The molecule has 0 bridgehead atoms. The minimum Gasteiger partial charge on any atom is -1.00 e. The van der Waals surface area contributed by atoms with Crippen molar-refractivity contribution in [3.05, 3.63) is 70.3 Å². The van der Waals surface area contributed by atoms with Gasteiger partial charge < -0.3 is 24.8 Å². The van der Waals surface area contributed by atoms with E-state index in [2.05, 4.69) is 97.9 Å². The van der Waals surface area contributed by atoms with Crippen LogP contribution in [0.3, 0.4) is 0 Å². The van der Waals surface area contributed by atoms with Crippen LogP contribution in [0.4, 0.5) is 0 Å². The number of hydrogen-bond donors (Lipinski definition) is 0. The van der Waals surface area contributed by atoms with E-state index in [-0.39, 0.29) is 35.6 Å². The SMILES string of the molecule is C[C](C)=[Zr+2][c]1c2c(cc(C(C)(C)C)c1C1=CC=CC1)-c1cc(C(C)(C)C)ccc1C2.[Cl-].[Cl-]. The number of fused-ring (bicyclic) bond motifs is 3. The fraction of sp³-hybridized carbons (Fsp3) is 0.414. The first kappa shape index (κ1) is 27.5. The molecule has 0 heterocycles. The van der Waals surface area contributed by atoms with Crippen LogP contribution in [0.2, 0.25) is 0 Å². The zero-order valence-corrected chi connectivity index (χ0v) is 24.7. The molecule has 0 radical (unpaired) electrons. The Morgan fingerprint density at radius 1 is 0.875 bits per heavy atom. The Bertz CT molecular complexity index is 1120. The summed E-state index contributed by atoms with van der Waals surface area (Å²) in [7, 11) is 0. The number of rotatable bonds is 2. The third-order valence-corrected chi connectivity index (χ3v) is 9.54. The van der Waals surface area contributed by atoms with Gasteiger partial charge >= 0.3 is 195 Å². The van der Waals surface area contributed by atoms with E-state index in [1.54, 1.807) is 23.2 Å². The third-order valence-electron chi connectivity index (χ3n) is 6.34. The molecule has 2 aliphatic carbocycles. The Kier molecular flexibility index (Phi) is 8.47. The van der Waals surface area contributed by atoms with E-state index in [1.807, 2.05) is 0 Å². The molecule has 169 valence electrons. The van der Waals surface area contributed by atoms with Crippen LogP contribution in [0.15, 0.2) is 42.5 Å². The molecular weight excluding hydrogens is 510 g/mol. The molecule has 0 nitrogen and oxygen atoms in total. The van der Waals surface area contributed by atoms with Crippen LogP contribution in [0.5, 0.6) is 0 Å². The maximum absolute atomic E-state index is 2.57. The van der Waals surface area contributed by atoms with Gasteiger partial charge in [-0.3, -0.25) is 0 Å². The summed E-state index contributed by atoms with van der Waals surface area (Å²) in [6, 6.07) is 9.81. The first-order valence-corrected chi connectivity index (χ1v) is 13.7. The summed E-state index contributed by atoms with van der Waals surface area (Å²) in [6.45, 7) is 18.8. The van der Waals surface area contributed by atoms with E-state index in [0.29, 0.717) is 0 Å². The Morgan fingerprint density at radius 3 is 2.09 bits per heavy atom. The minimum absolute atomic E-state index is 0. The van der Waals surface area contributed by atoms with Crippen molar-refractivity contribution < 1.29 is 47.6 Å². The molecule has 0 N–H and O–H groups in total. The van der Waals surface area contributed by atoms with Gasteiger partial charge in [-0.2, -0.15) is 0 Å². The van der Waals surface area contributed by atoms with Crippen LogP contribution >= 0.6 is 0 Å². The van der Waals surface area contributed by atoms with E-state index in [0.717, 1.165) is 12.8 Å². The standard InChI is InChI=1S/C26H29.C3H6.2ClH.Zr/c1-25(2,3)20-12-11-18-13-19-14-23(17-9-7-8-10-17)24(26(4,5)6)16-22(19)21(18)15-20;1-3-2;;;/h7-9,11-12,15-16H,10,13H2,1-6H3;1-2H3;2*1H;/q;;;;+2/p-2. The van der Waals surface area contributed by atoms with Gasteiger partial charge in [0.25, 0.3) is 0 Å². The van der Waals surface area contributed by atoms with Gasteiger partial charge in [0.2, 0.25) is 0 Å². The predicted molar refractivity (Wildman–Crippen MR) is 130 cm³/mol. The molecule has 0 aliphatic heterocycles. The Labute approximate surface area is 218 Å². The summed E-state index contributed by atoms with van der Waals surface area (Å²) in [5.74, 6) is 0. The second-order valence-electron chi connectivity index (χ2n) is 11.2. The molecule has 0 atom stereocenters. The van der Waals surface area contributed by atoms with Crippen molar-refractivity contribution in [2.75, 3.05) is 0 Å². The van der Waals surface area contributed by atoms with Gasteiger partial charge in [-0.15, -0.1) is 0 Å². The molecule has 0 saturated carbocycles. The van der Waals surface area contributed by atoms with E-state index < -0.39 is 22.8 Å². The molecule has 4 rings (SSSR count). The van der Waals surface area contributed by atoms with E-state index in [9.17, 15) is 0 Å². The molecule has 2 aromatic carbocycles. The second kappa shape index (κ2) is 9.86. The molecule has 0 aromatic heterocycles. The summed E-state index contributed by atoms with van der Waals surface area (Å²) in [5.41, 5.74) is 12.6. The zero-order chi connectivity index (χ0) is 21.8. The quantitative estimate of drug-likeness (QED) is 0.453. The van der Waals surface area contributed by atoms with Crippen LogP contribution in [-0.2, 0) is 40.0 Å². The molecular formula is C29H35Cl2Zr. The van der Waals surface area contributed by atoms with Crippen LogP contribution in [0.1, 0.15) is 89.6 Å². The first-order valence-electron chi connectivity index (χ1n) is 11.2. The topological polar surface area (TPSA) is 0 Å². The van der Waals surface area contributed by atoms with E-state index in [1.165, 1.54) is 27.8 Å². The van der Waals surface area contributed by atoms with Gasteiger partial charge in [-0.05, 0) is 0 Å². The van der Waals surface area contributed by atoms with Crippen molar-refractivity contribution >= 4 is 12.1 Å². The first-order chi connectivity index (χ1) is 14.0. The number of halogens is 2. The predicted octanol–water partition coefficient (Wildman–Crippen LogP) is 1.12. The monoisotopic (exact) mass is 543 g/mol. The Hall–Kier alpha value is -0.747. The fourth-order valence-electron chi connectivity index (χ4n) is 4.73. The average Bonchev–Trinajstić information content (AvgIpc) is 3.26. The molecule has 0 unspecified atom stereocenters. The van der Waals surface area contributed by atoms with Crippen molar-refractivity contribution in [1.82, 2.24) is 0 Å². The minimum atomic E-state index is -0.783.